The summed E-state index contributed by atoms with van der Waals surface area (Å²) in [6, 6.07) is 17.5. The highest BCUT2D eigenvalue weighted by molar-refractivity contribution is 7.91. The monoisotopic (exact) mass is 422 g/mol. The maximum absolute atomic E-state index is 13.4. The predicted octanol–water partition coefficient (Wildman–Crippen LogP) is 4.46. The molecule has 0 aliphatic rings. The fourth-order valence-corrected chi connectivity index (χ4v) is 4.82. The molecule has 3 rings (SSSR count). The van der Waals surface area contributed by atoms with Crippen molar-refractivity contribution < 1.29 is 13.2 Å². The number of amides is 1. The summed E-state index contributed by atoms with van der Waals surface area (Å²) in [5.41, 5.74) is 3.14. The Morgan fingerprint density at radius 1 is 0.967 bits per heavy atom. The number of nitrogens with zero attached hydrogens (tertiary/aromatic N) is 1. The minimum Gasteiger partial charge on any atom is -0.350 e. The van der Waals surface area contributed by atoms with Crippen molar-refractivity contribution in [3.8, 4) is 0 Å². The number of rotatable bonds is 7. The molecule has 1 heterocycles. The molecule has 2 aromatic carbocycles. The summed E-state index contributed by atoms with van der Waals surface area (Å²) in [6.07, 6.45) is 3.12. The summed E-state index contributed by atoms with van der Waals surface area (Å²) >= 11 is 0. The lowest BCUT2D eigenvalue weighted by Gasteiger charge is -2.19. The Balaban J connectivity index is 1.88. The molecule has 0 radical (unpaired) electrons. The van der Waals surface area contributed by atoms with Crippen LogP contribution < -0.4 is 5.32 Å². The van der Waals surface area contributed by atoms with E-state index in [9.17, 15) is 13.2 Å². The van der Waals surface area contributed by atoms with Gasteiger partial charge in [0.25, 0.3) is 5.91 Å². The zero-order valence-electron chi connectivity index (χ0n) is 17.4. The number of hydrogen-bond acceptors (Lipinski definition) is 4. The van der Waals surface area contributed by atoms with Gasteiger partial charge in [0.1, 0.15) is 5.25 Å². The van der Waals surface area contributed by atoms with E-state index in [2.05, 4.69) is 24.1 Å². The number of carbonyl (C=O) groups excluding carboxylic acids is 1. The second kappa shape index (κ2) is 9.22. The average Bonchev–Trinajstić information content (AvgIpc) is 2.75. The van der Waals surface area contributed by atoms with Gasteiger partial charge in [0, 0.05) is 24.5 Å². The highest BCUT2D eigenvalue weighted by atomic mass is 32.2. The third-order valence-electron chi connectivity index (χ3n) is 5.07. The van der Waals surface area contributed by atoms with E-state index in [1.54, 1.807) is 42.6 Å². The number of aryl methyl sites for hydroxylation is 1. The zero-order chi connectivity index (χ0) is 21.7. The van der Waals surface area contributed by atoms with Gasteiger partial charge in [0.05, 0.1) is 4.90 Å². The standard InChI is InChI=1S/C24H26N2O3S/c1-17(2)19-10-12-22(13-11-19)30(28,29)23(21-5-4-14-25-15-21)16-26-24(27)20-8-6-18(3)7-9-20/h4-15,17,23H,16H2,1-3H3,(H,26,27)/t23-/m0/s1. The molecule has 1 aromatic heterocycles. The molecular formula is C24H26N2O3S. The number of sulfone groups is 1. The molecule has 0 saturated carbocycles. The first-order chi connectivity index (χ1) is 14.3. The van der Waals surface area contributed by atoms with Crippen molar-refractivity contribution in [1.29, 1.82) is 0 Å². The van der Waals surface area contributed by atoms with Crippen molar-refractivity contribution in [3.63, 3.8) is 0 Å². The minimum absolute atomic E-state index is 0.0489. The lowest BCUT2D eigenvalue weighted by atomic mass is 10.0. The number of aromatic nitrogens is 1. The van der Waals surface area contributed by atoms with Gasteiger partial charge >= 0.3 is 0 Å². The Kier molecular flexibility index (Phi) is 6.67. The Labute approximate surface area is 178 Å². The largest absolute Gasteiger partial charge is 0.350 e. The molecule has 0 unspecified atom stereocenters. The fraction of sp³-hybridized carbons (Fsp3) is 0.250. The predicted molar refractivity (Wildman–Crippen MR) is 118 cm³/mol. The summed E-state index contributed by atoms with van der Waals surface area (Å²) in [5.74, 6) is -0.00100. The van der Waals surface area contributed by atoms with Crippen LogP contribution in [0.5, 0.6) is 0 Å². The molecule has 0 aliphatic heterocycles. The lowest BCUT2D eigenvalue weighted by Crippen LogP contribution is -2.32. The van der Waals surface area contributed by atoms with E-state index in [1.807, 2.05) is 31.2 Å². The van der Waals surface area contributed by atoms with Gasteiger partial charge in [-0.1, -0.05) is 49.7 Å². The van der Waals surface area contributed by atoms with Gasteiger partial charge < -0.3 is 5.32 Å². The van der Waals surface area contributed by atoms with Crippen LogP contribution in [0.3, 0.4) is 0 Å². The lowest BCUT2D eigenvalue weighted by molar-refractivity contribution is 0.0953. The van der Waals surface area contributed by atoms with Gasteiger partial charge in [-0.3, -0.25) is 9.78 Å². The van der Waals surface area contributed by atoms with Gasteiger partial charge in [-0.05, 0) is 54.3 Å². The summed E-state index contributed by atoms with van der Waals surface area (Å²) in [6.45, 7) is 6.01. The maximum Gasteiger partial charge on any atom is 0.251 e. The maximum atomic E-state index is 13.4. The van der Waals surface area contributed by atoms with E-state index >= 15 is 0 Å². The molecule has 0 saturated heterocycles. The molecule has 5 nitrogen and oxygen atoms in total. The SMILES string of the molecule is Cc1ccc(C(=O)NC[C@@H](c2cccnc2)S(=O)(=O)c2ccc(C(C)C)cc2)cc1. The Bertz CT molecular complexity index is 1090. The highest BCUT2D eigenvalue weighted by Gasteiger charge is 2.30. The number of hydrogen-bond donors (Lipinski definition) is 1. The third kappa shape index (κ3) is 4.94. The first kappa shape index (κ1) is 21.7. The number of pyridine rings is 1. The topological polar surface area (TPSA) is 76.1 Å². The van der Waals surface area contributed by atoms with Crippen molar-refractivity contribution in [2.24, 2.45) is 0 Å². The quantitative estimate of drug-likeness (QED) is 0.610. The molecule has 30 heavy (non-hydrogen) atoms. The van der Waals surface area contributed by atoms with Crippen molar-refractivity contribution in [1.82, 2.24) is 10.3 Å². The molecule has 1 amide bonds. The van der Waals surface area contributed by atoms with Crippen LogP contribution in [0.1, 0.15) is 52.1 Å². The Morgan fingerprint density at radius 2 is 1.63 bits per heavy atom. The van der Waals surface area contributed by atoms with Crippen LogP contribution in [0.4, 0.5) is 0 Å². The van der Waals surface area contributed by atoms with Crippen molar-refractivity contribution in [2.45, 2.75) is 36.8 Å². The molecule has 0 bridgehead atoms. The van der Waals surface area contributed by atoms with E-state index in [4.69, 9.17) is 0 Å². The van der Waals surface area contributed by atoms with E-state index in [1.165, 1.54) is 6.20 Å². The van der Waals surface area contributed by atoms with Gasteiger partial charge in [0.15, 0.2) is 9.84 Å². The van der Waals surface area contributed by atoms with E-state index < -0.39 is 15.1 Å². The van der Waals surface area contributed by atoms with E-state index in [-0.39, 0.29) is 17.3 Å². The normalized spacial score (nSPS) is 12.5. The van der Waals surface area contributed by atoms with Crippen molar-refractivity contribution >= 4 is 15.7 Å². The van der Waals surface area contributed by atoms with Gasteiger partial charge in [-0.15, -0.1) is 0 Å². The molecule has 3 aromatic rings. The summed E-state index contributed by atoms with van der Waals surface area (Å²) < 4.78 is 26.9. The van der Waals surface area contributed by atoms with Crippen molar-refractivity contribution in [3.05, 3.63) is 95.3 Å². The van der Waals surface area contributed by atoms with Crippen LogP contribution in [0, 0.1) is 6.92 Å². The smallest absolute Gasteiger partial charge is 0.251 e. The van der Waals surface area contributed by atoms with Crippen LogP contribution in [0.25, 0.3) is 0 Å². The zero-order valence-corrected chi connectivity index (χ0v) is 18.2. The summed E-state index contributed by atoms with van der Waals surface area (Å²) in [5, 5.41) is 1.84. The molecule has 0 spiro atoms. The fourth-order valence-electron chi connectivity index (χ4n) is 3.17. The van der Waals surface area contributed by atoms with Crippen LogP contribution >= 0.6 is 0 Å². The number of benzene rings is 2. The Morgan fingerprint density at radius 3 is 2.20 bits per heavy atom. The third-order valence-corrected chi connectivity index (χ3v) is 7.19. The number of carbonyl (C=O) groups is 1. The van der Waals surface area contributed by atoms with Gasteiger partial charge in [-0.25, -0.2) is 8.42 Å². The number of nitrogens with one attached hydrogen (secondary N) is 1. The molecular weight excluding hydrogens is 396 g/mol. The van der Waals surface area contributed by atoms with Crippen LogP contribution in [0.2, 0.25) is 0 Å². The minimum atomic E-state index is -3.74. The summed E-state index contributed by atoms with van der Waals surface area (Å²) in [4.78, 5) is 16.8. The second-order valence-electron chi connectivity index (χ2n) is 7.62. The average molecular weight is 423 g/mol. The molecule has 1 N–H and O–H groups in total. The van der Waals surface area contributed by atoms with E-state index in [0.29, 0.717) is 17.0 Å². The van der Waals surface area contributed by atoms with Crippen LogP contribution in [0.15, 0.2) is 78.0 Å². The van der Waals surface area contributed by atoms with Gasteiger partial charge in [0.2, 0.25) is 0 Å². The molecule has 156 valence electrons. The Hall–Kier alpha value is -2.99. The molecule has 0 fully saturated rings. The van der Waals surface area contributed by atoms with Gasteiger partial charge in [-0.2, -0.15) is 0 Å². The van der Waals surface area contributed by atoms with Crippen LogP contribution in [-0.4, -0.2) is 25.9 Å². The molecule has 0 aliphatic carbocycles. The first-order valence-corrected chi connectivity index (χ1v) is 11.4. The first-order valence-electron chi connectivity index (χ1n) is 9.87. The molecule has 6 heteroatoms. The summed E-state index contributed by atoms with van der Waals surface area (Å²) in [7, 11) is -3.74. The highest BCUT2D eigenvalue weighted by Crippen LogP contribution is 2.29. The van der Waals surface area contributed by atoms with Crippen molar-refractivity contribution in [2.75, 3.05) is 6.54 Å². The van der Waals surface area contributed by atoms with E-state index in [0.717, 1.165) is 11.1 Å². The second-order valence-corrected chi connectivity index (χ2v) is 9.75. The van der Waals surface area contributed by atoms with Crippen LogP contribution in [-0.2, 0) is 9.84 Å². The molecule has 1 atom stereocenters.